The summed E-state index contributed by atoms with van der Waals surface area (Å²) in [5, 5.41) is 19.5. The van der Waals surface area contributed by atoms with Crippen LogP contribution in [-0.2, 0) is 9.47 Å². The first-order chi connectivity index (χ1) is 11.1. The summed E-state index contributed by atoms with van der Waals surface area (Å²) in [5.41, 5.74) is 10.8. The first kappa shape index (κ1) is 15.8. The van der Waals surface area contributed by atoms with Gasteiger partial charge in [-0.15, -0.1) is 0 Å². The topological polar surface area (TPSA) is 175 Å². The maximum absolute atomic E-state index is 11.8. The molecular weight excluding hydrogens is 308 g/mol. The van der Waals surface area contributed by atoms with E-state index in [1.807, 2.05) is 0 Å². The van der Waals surface area contributed by atoms with Crippen molar-refractivity contribution >= 4 is 17.1 Å². The van der Waals surface area contributed by atoms with E-state index in [2.05, 4.69) is 15.0 Å². The minimum Gasteiger partial charge on any atom is -0.394 e. The maximum Gasteiger partial charge on any atom is 0.280 e. The summed E-state index contributed by atoms with van der Waals surface area (Å²) in [6.45, 7) is 0.0702. The minimum atomic E-state index is -1.06. The number of fused-ring (bicyclic) bond motifs is 1. The summed E-state index contributed by atoms with van der Waals surface area (Å²) in [5.74, 6) is -0.0686. The van der Waals surface area contributed by atoms with Gasteiger partial charge in [0.1, 0.15) is 18.3 Å². The van der Waals surface area contributed by atoms with Gasteiger partial charge < -0.3 is 31.2 Å². The quantitative estimate of drug-likeness (QED) is 0.391. The van der Waals surface area contributed by atoms with Crippen LogP contribution in [0.2, 0.25) is 0 Å². The van der Waals surface area contributed by atoms with Crippen LogP contribution in [0.15, 0.2) is 11.1 Å². The van der Waals surface area contributed by atoms with E-state index >= 15 is 0 Å². The van der Waals surface area contributed by atoms with Crippen LogP contribution in [0, 0.1) is 0 Å². The van der Waals surface area contributed by atoms with Gasteiger partial charge in [-0.2, -0.15) is 4.98 Å². The van der Waals surface area contributed by atoms with Gasteiger partial charge in [-0.3, -0.25) is 14.3 Å². The molecule has 0 saturated carbocycles. The third kappa shape index (κ3) is 2.68. The molecule has 1 aliphatic rings. The molecule has 1 aliphatic heterocycles. The molecule has 0 amide bonds. The van der Waals surface area contributed by atoms with Crippen LogP contribution in [0.1, 0.15) is 6.23 Å². The van der Waals surface area contributed by atoms with Gasteiger partial charge in [0.15, 0.2) is 17.4 Å². The lowest BCUT2D eigenvalue weighted by molar-refractivity contribution is -0.0687. The molecule has 4 atom stereocenters. The largest absolute Gasteiger partial charge is 0.394 e. The number of hydrogen-bond donors (Lipinski definition) is 5. The van der Waals surface area contributed by atoms with Gasteiger partial charge in [0, 0.05) is 6.54 Å². The Bertz CT molecular complexity index is 745. The fourth-order valence-electron chi connectivity index (χ4n) is 2.61. The van der Waals surface area contributed by atoms with Crippen LogP contribution in [-0.4, -0.2) is 67.8 Å². The highest BCUT2D eigenvalue weighted by Gasteiger charge is 2.45. The molecule has 0 spiro atoms. The lowest BCUT2D eigenvalue weighted by Crippen LogP contribution is -2.36. The molecule has 2 aromatic heterocycles. The lowest BCUT2D eigenvalue weighted by atomic mass is 10.1. The van der Waals surface area contributed by atoms with Crippen molar-refractivity contribution in [3.8, 4) is 0 Å². The number of H-pyrrole nitrogens is 1. The number of aromatic amines is 1. The van der Waals surface area contributed by atoms with Crippen LogP contribution in [0.25, 0.3) is 11.2 Å². The van der Waals surface area contributed by atoms with Crippen molar-refractivity contribution < 1.29 is 19.7 Å². The van der Waals surface area contributed by atoms with Gasteiger partial charge in [0.05, 0.1) is 19.5 Å². The molecule has 2 aromatic rings. The van der Waals surface area contributed by atoms with Gasteiger partial charge in [-0.1, -0.05) is 0 Å². The Labute approximate surface area is 129 Å². The molecule has 23 heavy (non-hydrogen) atoms. The standard InChI is InChI=1S/C12H18N6O5/c13-1-2-22-8-7(20)5(3-19)23-11(8)18-4-15-6-9(18)16-12(14)17-10(6)21/h4-5,7-8,11,19-20H,1-3,13H2,(H3,14,16,17,21)/t5-,7-,8-,11-/m1/s1. The molecule has 11 nitrogen and oxygen atoms in total. The molecule has 7 N–H and O–H groups in total. The normalized spacial score (nSPS) is 27.8. The fraction of sp³-hybridized carbons (Fsp3) is 0.583. The number of hydrogen-bond acceptors (Lipinski definition) is 9. The zero-order valence-corrected chi connectivity index (χ0v) is 12.1. The zero-order valence-electron chi connectivity index (χ0n) is 12.1. The monoisotopic (exact) mass is 326 g/mol. The second-order valence-corrected chi connectivity index (χ2v) is 5.14. The summed E-state index contributed by atoms with van der Waals surface area (Å²) in [6.07, 6.45) is -2.17. The highest BCUT2D eigenvalue weighted by molar-refractivity contribution is 5.70. The van der Waals surface area contributed by atoms with Crippen molar-refractivity contribution in [2.45, 2.75) is 24.5 Å². The molecule has 126 valence electrons. The van der Waals surface area contributed by atoms with Gasteiger partial charge in [0.25, 0.3) is 5.56 Å². The summed E-state index contributed by atoms with van der Waals surface area (Å²) in [6, 6.07) is 0. The van der Waals surface area contributed by atoms with Crippen molar-refractivity contribution in [3.05, 3.63) is 16.7 Å². The highest BCUT2D eigenvalue weighted by atomic mass is 16.6. The SMILES string of the molecule is NCCO[C@@H]1[C@H](O)[C@@H](CO)O[C@H]1n1cnc2c(=O)[nH]c(N)nc21. The predicted octanol–water partition coefficient (Wildman–Crippen LogP) is -2.70. The number of ether oxygens (including phenoxy) is 2. The van der Waals surface area contributed by atoms with E-state index < -0.39 is 30.1 Å². The first-order valence-electron chi connectivity index (χ1n) is 7.05. The Morgan fingerprint density at radius 3 is 3.00 bits per heavy atom. The second-order valence-electron chi connectivity index (χ2n) is 5.14. The Morgan fingerprint density at radius 1 is 1.52 bits per heavy atom. The van der Waals surface area contributed by atoms with Crippen LogP contribution in [0.5, 0.6) is 0 Å². The Balaban J connectivity index is 2.03. The van der Waals surface area contributed by atoms with Gasteiger partial charge >= 0.3 is 0 Å². The predicted molar refractivity (Wildman–Crippen MR) is 78.4 cm³/mol. The number of nitrogens with zero attached hydrogens (tertiary/aromatic N) is 3. The smallest absolute Gasteiger partial charge is 0.280 e. The van der Waals surface area contributed by atoms with Crippen molar-refractivity contribution in [2.24, 2.45) is 5.73 Å². The van der Waals surface area contributed by atoms with Crippen LogP contribution in [0.3, 0.4) is 0 Å². The van der Waals surface area contributed by atoms with Gasteiger partial charge in [-0.05, 0) is 0 Å². The molecular formula is C12H18N6O5. The Hall–Kier alpha value is -2.05. The Kier molecular flexibility index (Phi) is 4.28. The minimum absolute atomic E-state index is 0.0686. The molecule has 0 bridgehead atoms. The number of rotatable bonds is 5. The molecule has 1 fully saturated rings. The number of aliphatic hydroxyl groups excluding tert-OH is 2. The maximum atomic E-state index is 11.8. The number of aromatic nitrogens is 4. The third-order valence-corrected chi connectivity index (χ3v) is 3.65. The zero-order chi connectivity index (χ0) is 16.6. The summed E-state index contributed by atoms with van der Waals surface area (Å²) in [7, 11) is 0. The van der Waals surface area contributed by atoms with Gasteiger partial charge in [-0.25, -0.2) is 4.98 Å². The molecule has 0 aliphatic carbocycles. The number of anilines is 1. The summed E-state index contributed by atoms with van der Waals surface area (Å²) in [4.78, 5) is 22.2. The number of imidazole rings is 1. The van der Waals surface area contributed by atoms with E-state index in [1.165, 1.54) is 10.9 Å². The molecule has 1 saturated heterocycles. The van der Waals surface area contributed by atoms with Gasteiger partial charge in [0.2, 0.25) is 5.95 Å². The number of nitrogens with two attached hydrogens (primary N) is 2. The van der Waals surface area contributed by atoms with E-state index in [0.29, 0.717) is 0 Å². The average Bonchev–Trinajstić information content (AvgIpc) is 3.06. The summed E-state index contributed by atoms with van der Waals surface area (Å²) < 4.78 is 12.6. The second kappa shape index (κ2) is 6.22. The van der Waals surface area contributed by atoms with Crippen LogP contribution >= 0.6 is 0 Å². The van der Waals surface area contributed by atoms with E-state index in [9.17, 15) is 15.0 Å². The molecule has 3 rings (SSSR count). The fourth-order valence-corrected chi connectivity index (χ4v) is 2.61. The summed E-state index contributed by atoms with van der Waals surface area (Å²) >= 11 is 0. The molecule has 0 radical (unpaired) electrons. The van der Waals surface area contributed by atoms with E-state index in [0.717, 1.165) is 0 Å². The van der Waals surface area contributed by atoms with Crippen LogP contribution in [0.4, 0.5) is 5.95 Å². The average molecular weight is 326 g/mol. The number of nitrogens with one attached hydrogen (secondary N) is 1. The molecule has 11 heteroatoms. The van der Waals surface area contributed by atoms with Crippen molar-refractivity contribution in [3.63, 3.8) is 0 Å². The van der Waals surface area contributed by atoms with Crippen molar-refractivity contribution in [1.82, 2.24) is 19.5 Å². The lowest BCUT2D eigenvalue weighted by Gasteiger charge is -2.21. The van der Waals surface area contributed by atoms with Crippen molar-refractivity contribution in [1.29, 1.82) is 0 Å². The number of nitrogen functional groups attached to an aromatic ring is 1. The van der Waals surface area contributed by atoms with E-state index in [-0.39, 0.29) is 36.9 Å². The van der Waals surface area contributed by atoms with Crippen molar-refractivity contribution in [2.75, 3.05) is 25.5 Å². The van der Waals surface area contributed by atoms with E-state index in [4.69, 9.17) is 20.9 Å². The Morgan fingerprint density at radius 2 is 2.30 bits per heavy atom. The molecule has 0 unspecified atom stereocenters. The molecule has 0 aromatic carbocycles. The number of aliphatic hydroxyl groups is 2. The molecule has 3 heterocycles. The highest BCUT2D eigenvalue weighted by Crippen LogP contribution is 2.33. The van der Waals surface area contributed by atoms with E-state index in [1.54, 1.807) is 0 Å². The first-order valence-corrected chi connectivity index (χ1v) is 7.05. The third-order valence-electron chi connectivity index (χ3n) is 3.65. The van der Waals surface area contributed by atoms with Crippen LogP contribution < -0.4 is 17.0 Å².